The molecule has 0 unspecified atom stereocenters. The predicted molar refractivity (Wildman–Crippen MR) is 135 cm³/mol. The quantitative estimate of drug-likeness (QED) is 0.504. The van der Waals surface area contributed by atoms with Gasteiger partial charge >= 0.3 is 6.03 Å². The Morgan fingerprint density at radius 2 is 1.44 bits per heavy atom. The molecule has 0 bridgehead atoms. The second kappa shape index (κ2) is 9.39. The van der Waals surface area contributed by atoms with E-state index in [0.717, 1.165) is 5.56 Å². The molecule has 3 aromatic rings. The molecule has 4 rings (SSSR count). The Labute approximate surface area is 199 Å². The topological polar surface area (TPSA) is 90.5 Å². The number of carbonyl (C=O) groups excluding carboxylic acids is 3. The molecule has 0 aliphatic carbocycles. The van der Waals surface area contributed by atoms with Crippen LogP contribution in [0.4, 0.5) is 21.9 Å². The monoisotopic (exact) mass is 456 g/mol. The van der Waals surface area contributed by atoms with Gasteiger partial charge in [0.1, 0.15) is 0 Å². The van der Waals surface area contributed by atoms with Gasteiger partial charge in [0.05, 0.1) is 11.4 Å². The minimum atomic E-state index is -0.335. The van der Waals surface area contributed by atoms with Crippen molar-refractivity contribution >= 4 is 34.9 Å². The number of benzene rings is 3. The highest BCUT2D eigenvalue weighted by molar-refractivity contribution is 6.10. The van der Waals surface area contributed by atoms with Crippen LogP contribution in [0.15, 0.2) is 72.8 Å². The van der Waals surface area contributed by atoms with Crippen LogP contribution in [0.5, 0.6) is 0 Å². The summed E-state index contributed by atoms with van der Waals surface area (Å²) in [5.41, 5.74) is 3.73. The molecule has 1 aliphatic heterocycles. The Morgan fingerprint density at radius 1 is 0.824 bits per heavy atom. The molecule has 0 atom stereocenters. The SMILES string of the molecule is CC(C)(C)c1ccc(C(=O)Nc2ccccc2NC(=O)c2cccc(N3CCNC3=O)c2)cc1. The number of para-hydroxylation sites is 2. The molecule has 1 heterocycles. The molecular formula is C27H28N4O3. The summed E-state index contributed by atoms with van der Waals surface area (Å²) in [6.07, 6.45) is 0. The van der Waals surface area contributed by atoms with Crippen LogP contribution in [0.25, 0.3) is 0 Å². The molecule has 174 valence electrons. The highest BCUT2D eigenvalue weighted by Gasteiger charge is 2.22. The van der Waals surface area contributed by atoms with E-state index < -0.39 is 0 Å². The van der Waals surface area contributed by atoms with E-state index in [1.807, 2.05) is 12.1 Å². The van der Waals surface area contributed by atoms with E-state index in [9.17, 15) is 14.4 Å². The molecule has 34 heavy (non-hydrogen) atoms. The summed E-state index contributed by atoms with van der Waals surface area (Å²) >= 11 is 0. The summed E-state index contributed by atoms with van der Waals surface area (Å²) in [5, 5.41) is 8.51. The Kier molecular flexibility index (Phi) is 6.36. The van der Waals surface area contributed by atoms with Gasteiger partial charge in [0.25, 0.3) is 11.8 Å². The summed E-state index contributed by atoms with van der Waals surface area (Å²) in [7, 11) is 0. The highest BCUT2D eigenvalue weighted by Crippen LogP contribution is 2.25. The van der Waals surface area contributed by atoms with Gasteiger partial charge < -0.3 is 16.0 Å². The molecule has 0 saturated carbocycles. The number of nitrogens with one attached hydrogen (secondary N) is 3. The fourth-order valence-electron chi connectivity index (χ4n) is 3.74. The lowest BCUT2D eigenvalue weighted by molar-refractivity contribution is 0.101. The molecule has 1 saturated heterocycles. The maximum Gasteiger partial charge on any atom is 0.321 e. The summed E-state index contributed by atoms with van der Waals surface area (Å²) < 4.78 is 0. The second-order valence-electron chi connectivity index (χ2n) is 9.22. The molecule has 0 aromatic heterocycles. The zero-order chi connectivity index (χ0) is 24.3. The number of anilines is 3. The summed E-state index contributed by atoms with van der Waals surface area (Å²) in [4.78, 5) is 39.3. The average molecular weight is 457 g/mol. The number of urea groups is 1. The van der Waals surface area contributed by atoms with Gasteiger partial charge in [0.15, 0.2) is 0 Å². The number of nitrogens with zero attached hydrogens (tertiary/aromatic N) is 1. The van der Waals surface area contributed by atoms with Crippen LogP contribution >= 0.6 is 0 Å². The molecule has 1 aliphatic rings. The molecule has 0 spiro atoms. The zero-order valence-corrected chi connectivity index (χ0v) is 19.5. The normalized spacial score (nSPS) is 13.4. The Balaban J connectivity index is 1.49. The lowest BCUT2D eigenvalue weighted by Gasteiger charge is -2.19. The van der Waals surface area contributed by atoms with Gasteiger partial charge in [-0.3, -0.25) is 14.5 Å². The molecule has 0 radical (unpaired) electrons. The summed E-state index contributed by atoms with van der Waals surface area (Å²) in [5.74, 6) is -0.595. The maximum absolute atomic E-state index is 13.0. The van der Waals surface area contributed by atoms with E-state index in [2.05, 4.69) is 36.7 Å². The first-order chi connectivity index (χ1) is 16.2. The third kappa shape index (κ3) is 5.09. The lowest BCUT2D eigenvalue weighted by Crippen LogP contribution is -2.27. The molecule has 7 heteroatoms. The van der Waals surface area contributed by atoms with Gasteiger partial charge in [-0.1, -0.05) is 51.1 Å². The van der Waals surface area contributed by atoms with Crippen molar-refractivity contribution in [3.8, 4) is 0 Å². The largest absolute Gasteiger partial charge is 0.336 e. The van der Waals surface area contributed by atoms with Crippen molar-refractivity contribution in [1.82, 2.24) is 5.32 Å². The Morgan fingerprint density at radius 3 is 2.00 bits per heavy atom. The van der Waals surface area contributed by atoms with E-state index in [-0.39, 0.29) is 23.3 Å². The van der Waals surface area contributed by atoms with Gasteiger partial charge in [0.2, 0.25) is 0 Å². The Bertz CT molecular complexity index is 1230. The molecule has 4 amide bonds. The molecule has 7 nitrogen and oxygen atoms in total. The minimum absolute atomic E-state index is 0.00175. The van der Waals surface area contributed by atoms with E-state index in [0.29, 0.717) is 41.3 Å². The van der Waals surface area contributed by atoms with Crippen molar-refractivity contribution in [2.45, 2.75) is 26.2 Å². The van der Waals surface area contributed by atoms with Crippen molar-refractivity contribution in [3.63, 3.8) is 0 Å². The third-order valence-corrected chi connectivity index (χ3v) is 5.71. The molecule has 3 aromatic carbocycles. The summed E-state index contributed by atoms with van der Waals surface area (Å²) in [6.45, 7) is 7.49. The van der Waals surface area contributed by atoms with Crippen molar-refractivity contribution < 1.29 is 14.4 Å². The van der Waals surface area contributed by atoms with E-state index >= 15 is 0 Å². The zero-order valence-electron chi connectivity index (χ0n) is 19.5. The summed E-state index contributed by atoms with van der Waals surface area (Å²) in [6, 6.07) is 21.3. The molecule has 1 fully saturated rings. The van der Waals surface area contributed by atoms with Gasteiger partial charge in [-0.2, -0.15) is 0 Å². The number of carbonyl (C=O) groups is 3. The first-order valence-electron chi connectivity index (χ1n) is 11.2. The number of hydrogen-bond donors (Lipinski definition) is 3. The van der Waals surface area contributed by atoms with Crippen LogP contribution in [0.1, 0.15) is 47.1 Å². The minimum Gasteiger partial charge on any atom is -0.336 e. The standard InChI is InChI=1S/C27H28N4O3/c1-27(2,3)20-13-11-18(12-14-20)24(32)29-22-9-4-5-10-23(22)30-25(33)19-7-6-8-21(17-19)31-16-15-28-26(31)34/h4-14,17H,15-16H2,1-3H3,(H,28,34)(H,29,32)(H,30,33). The first-order valence-corrected chi connectivity index (χ1v) is 11.2. The maximum atomic E-state index is 13.0. The fourth-order valence-corrected chi connectivity index (χ4v) is 3.74. The van der Waals surface area contributed by atoms with Crippen molar-refractivity contribution in [1.29, 1.82) is 0 Å². The van der Waals surface area contributed by atoms with Crippen LogP contribution in [0.2, 0.25) is 0 Å². The molecule has 3 N–H and O–H groups in total. The van der Waals surface area contributed by atoms with Gasteiger partial charge in [0, 0.05) is 29.9 Å². The van der Waals surface area contributed by atoms with Crippen molar-refractivity contribution in [2.75, 3.05) is 28.6 Å². The van der Waals surface area contributed by atoms with Gasteiger partial charge in [-0.25, -0.2) is 4.79 Å². The predicted octanol–water partition coefficient (Wildman–Crippen LogP) is 5.02. The van der Waals surface area contributed by atoms with Crippen LogP contribution in [-0.2, 0) is 5.41 Å². The van der Waals surface area contributed by atoms with Gasteiger partial charge in [-0.05, 0) is 53.4 Å². The highest BCUT2D eigenvalue weighted by atomic mass is 16.2. The van der Waals surface area contributed by atoms with Crippen molar-refractivity contribution in [2.24, 2.45) is 0 Å². The van der Waals surface area contributed by atoms with Crippen LogP contribution in [-0.4, -0.2) is 30.9 Å². The van der Waals surface area contributed by atoms with E-state index in [4.69, 9.17) is 0 Å². The molecular weight excluding hydrogens is 428 g/mol. The number of rotatable bonds is 5. The van der Waals surface area contributed by atoms with Crippen molar-refractivity contribution in [3.05, 3.63) is 89.5 Å². The smallest absolute Gasteiger partial charge is 0.321 e. The lowest BCUT2D eigenvalue weighted by atomic mass is 9.87. The van der Waals surface area contributed by atoms with Gasteiger partial charge in [-0.15, -0.1) is 0 Å². The number of hydrogen-bond acceptors (Lipinski definition) is 3. The fraction of sp³-hybridized carbons (Fsp3) is 0.222. The first kappa shape index (κ1) is 23.0. The van der Waals surface area contributed by atoms with E-state index in [1.54, 1.807) is 65.6 Å². The average Bonchev–Trinajstić information content (AvgIpc) is 3.25. The van der Waals surface area contributed by atoms with Crippen LogP contribution in [0.3, 0.4) is 0 Å². The second-order valence-corrected chi connectivity index (χ2v) is 9.22. The van der Waals surface area contributed by atoms with Crippen LogP contribution < -0.4 is 20.9 Å². The Hall–Kier alpha value is -4.13. The van der Waals surface area contributed by atoms with Crippen LogP contribution in [0, 0.1) is 0 Å². The third-order valence-electron chi connectivity index (χ3n) is 5.71. The van der Waals surface area contributed by atoms with E-state index in [1.165, 1.54) is 0 Å². The number of amides is 4.